The Hall–Kier alpha value is -3.22. The zero-order chi connectivity index (χ0) is 20.5. The second kappa shape index (κ2) is 10.2. The number of Topliss-reactive ketones (excluding diaryl/α,β-unsaturated/α-hetero) is 1. The Balaban J connectivity index is 1.89. The van der Waals surface area contributed by atoms with E-state index in [0.29, 0.717) is 11.3 Å². The molecule has 148 valence electrons. The topological polar surface area (TPSA) is 81.7 Å². The molecule has 28 heavy (non-hydrogen) atoms. The third-order valence-electron chi connectivity index (χ3n) is 3.91. The summed E-state index contributed by atoms with van der Waals surface area (Å²) < 4.78 is 23.4. The number of amides is 1. The number of esters is 1. The average Bonchev–Trinajstić information content (AvgIpc) is 2.66. The van der Waals surface area contributed by atoms with Gasteiger partial charge in [-0.15, -0.1) is 0 Å². The van der Waals surface area contributed by atoms with Crippen LogP contribution in [0.3, 0.4) is 0 Å². The first kappa shape index (κ1) is 21.1. The molecule has 2 rings (SSSR count). The van der Waals surface area contributed by atoms with Crippen LogP contribution in [0.25, 0.3) is 0 Å². The van der Waals surface area contributed by atoms with Gasteiger partial charge in [0.15, 0.2) is 0 Å². The van der Waals surface area contributed by atoms with Gasteiger partial charge in [-0.3, -0.25) is 9.59 Å². The molecule has 6 nitrogen and oxygen atoms in total. The van der Waals surface area contributed by atoms with Crippen LogP contribution in [0.4, 0.5) is 4.39 Å². The normalized spacial score (nSPS) is 11.4. The first-order chi connectivity index (χ1) is 13.4. The van der Waals surface area contributed by atoms with E-state index in [2.05, 4.69) is 10.1 Å². The number of carbonyl (C=O) groups excluding carboxylic acids is 3. The van der Waals surface area contributed by atoms with Crippen LogP contribution in [0, 0.1) is 5.82 Å². The van der Waals surface area contributed by atoms with E-state index in [1.165, 1.54) is 26.2 Å². The number of rotatable bonds is 9. The molecule has 1 atom stereocenters. The summed E-state index contributed by atoms with van der Waals surface area (Å²) in [4.78, 5) is 35.1. The lowest BCUT2D eigenvalue weighted by Gasteiger charge is -2.14. The highest BCUT2D eigenvalue weighted by molar-refractivity contribution is 5.90. The molecule has 1 unspecified atom stereocenters. The second-order valence-electron chi connectivity index (χ2n) is 6.26. The lowest BCUT2D eigenvalue weighted by Crippen LogP contribution is -2.42. The van der Waals surface area contributed by atoms with E-state index >= 15 is 0 Å². The van der Waals surface area contributed by atoms with Gasteiger partial charge in [-0.25, -0.2) is 9.18 Å². The van der Waals surface area contributed by atoms with Gasteiger partial charge in [0.2, 0.25) is 5.91 Å². The molecule has 0 radical (unpaired) electrons. The van der Waals surface area contributed by atoms with Crippen molar-refractivity contribution >= 4 is 17.7 Å². The summed E-state index contributed by atoms with van der Waals surface area (Å²) in [6, 6.07) is 12.1. The third-order valence-corrected chi connectivity index (χ3v) is 3.91. The minimum Gasteiger partial charge on any atom is -0.489 e. The lowest BCUT2D eigenvalue weighted by molar-refractivity contribution is -0.146. The van der Waals surface area contributed by atoms with E-state index in [9.17, 15) is 18.8 Å². The molecule has 1 amide bonds. The van der Waals surface area contributed by atoms with E-state index < -0.39 is 17.9 Å². The van der Waals surface area contributed by atoms with E-state index in [-0.39, 0.29) is 31.0 Å². The number of nitrogens with one attached hydrogen (secondary N) is 1. The minimum absolute atomic E-state index is 0.108. The van der Waals surface area contributed by atoms with Crippen molar-refractivity contribution in [3.05, 3.63) is 65.5 Å². The van der Waals surface area contributed by atoms with Crippen LogP contribution in [0.15, 0.2) is 48.5 Å². The maximum Gasteiger partial charge on any atom is 0.328 e. The molecule has 2 aromatic rings. The Kier molecular flexibility index (Phi) is 7.68. The van der Waals surface area contributed by atoms with Crippen molar-refractivity contribution in [2.24, 2.45) is 0 Å². The number of carbonyl (C=O) groups is 3. The molecule has 0 aliphatic carbocycles. The molecule has 0 aliphatic rings. The van der Waals surface area contributed by atoms with Crippen molar-refractivity contribution in [2.45, 2.75) is 32.4 Å². The van der Waals surface area contributed by atoms with Crippen LogP contribution in [0.2, 0.25) is 0 Å². The van der Waals surface area contributed by atoms with E-state index in [4.69, 9.17) is 4.74 Å². The summed E-state index contributed by atoms with van der Waals surface area (Å²) in [5.41, 5.74) is 1.46. The van der Waals surface area contributed by atoms with Crippen molar-refractivity contribution in [2.75, 3.05) is 7.11 Å². The predicted molar refractivity (Wildman–Crippen MR) is 100 cm³/mol. The largest absolute Gasteiger partial charge is 0.489 e. The number of hydrogen-bond donors (Lipinski definition) is 1. The summed E-state index contributed by atoms with van der Waals surface area (Å²) in [6.45, 7) is 1.50. The number of halogens is 1. The Labute approximate surface area is 162 Å². The predicted octanol–water partition coefficient (Wildman–Crippen LogP) is 2.58. The van der Waals surface area contributed by atoms with Gasteiger partial charge in [0.05, 0.1) is 7.11 Å². The zero-order valence-electron chi connectivity index (χ0n) is 15.7. The first-order valence-corrected chi connectivity index (χ1v) is 8.70. The molecule has 1 N–H and O–H groups in total. The van der Waals surface area contributed by atoms with Crippen molar-refractivity contribution in [1.82, 2.24) is 5.32 Å². The van der Waals surface area contributed by atoms with Crippen LogP contribution in [0.5, 0.6) is 5.75 Å². The summed E-state index contributed by atoms with van der Waals surface area (Å²) >= 11 is 0. The lowest BCUT2D eigenvalue weighted by atomic mass is 10.0. The second-order valence-corrected chi connectivity index (χ2v) is 6.26. The third kappa shape index (κ3) is 6.83. The van der Waals surface area contributed by atoms with E-state index in [0.717, 1.165) is 5.56 Å². The van der Waals surface area contributed by atoms with Crippen LogP contribution in [-0.2, 0) is 32.1 Å². The molecule has 0 aromatic heterocycles. The molecule has 0 bridgehead atoms. The highest BCUT2D eigenvalue weighted by Gasteiger charge is 2.23. The number of methoxy groups -OCH3 is 1. The number of benzene rings is 2. The van der Waals surface area contributed by atoms with Gasteiger partial charge in [-0.05, 0) is 35.4 Å². The molecule has 0 saturated carbocycles. The molecule has 0 aliphatic heterocycles. The summed E-state index contributed by atoms with van der Waals surface area (Å²) in [5, 5.41) is 2.41. The molecule has 2 aromatic carbocycles. The fourth-order valence-corrected chi connectivity index (χ4v) is 2.61. The SMILES string of the molecule is COC(=O)C(CC(=O)Cc1ccc(OCc2cccc(F)c2)cc1)NC(C)=O. The van der Waals surface area contributed by atoms with Gasteiger partial charge in [0.1, 0.15) is 30.0 Å². The van der Waals surface area contributed by atoms with Gasteiger partial charge in [-0.1, -0.05) is 24.3 Å². The maximum atomic E-state index is 13.2. The van der Waals surface area contributed by atoms with Crippen LogP contribution < -0.4 is 10.1 Å². The first-order valence-electron chi connectivity index (χ1n) is 8.70. The molecule has 0 fully saturated rings. The van der Waals surface area contributed by atoms with Crippen molar-refractivity contribution in [3.63, 3.8) is 0 Å². The van der Waals surface area contributed by atoms with Crippen molar-refractivity contribution in [3.8, 4) is 5.75 Å². The quantitative estimate of drug-likeness (QED) is 0.669. The Bertz CT molecular complexity index is 835. The van der Waals surface area contributed by atoms with Crippen LogP contribution in [-0.4, -0.2) is 30.8 Å². The van der Waals surface area contributed by atoms with Crippen LogP contribution >= 0.6 is 0 Å². The van der Waals surface area contributed by atoms with Gasteiger partial charge >= 0.3 is 5.97 Å². The van der Waals surface area contributed by atoms with Crippen molar-refractivity contribution in [1.29, 1.82) is 0 Å². The van der Waals surface area contributed by atoms with Crippen molar-refractivity contribution < 1.29 is 28.2 Å². The molecule has 0 heterocycles. The summed E-state index contributed by atoms with van der Waals surface area (Å²) in [5.74, 6) is -1.02. The smallest absolute Gasteiger partial charge is 0.328 e. The zero-order valence-corrected chi connectivity index (χ0v) is 15.7. The average molecular weight is 387 g/mol. The van der Waals surface area contributed by atoms with E-state index in [1.54, 1.807) is 36.4 Å². The van der Waals surface area contributed by atoms with Gasteiger partial charge in [0, 0.05) is 19.8 Å². The fraction of sp³-hybridized carbons (Fsp3) is 0.286. The monoisotopic (exact) mass is 387 g/mol. The summed E-state index contributed by atoms with van der Waals surface area (Å²) in [7, 11) is 1.20. The van der Waals surface area contributed by atoms with E-state index in [1.807, 2.05) is 0 Å². The fourth-order valence-electron chi connectivity index (χ4n) is 2.61. The standard InChI is InChI=1S/C21H22FNO5/c1-14(24)23-20(21(26)27-2)12-18(25)11-15-6-8-19(9-7-15)28-13-16-4-3-5-17(22)10-16/h3-10,20H,11-13H2,1-2H3,(H,23,24). The molecule has 7 heteroatoms. The van der Waals surface area contributed by atoms with Gasteiger partial charge in [-0.2, -0.15) is 0 Å². The van der Waals surface area contributed by atoms with Crippen LogP contribution in [0.1, 0.15) is 24.5 Å². The number of ketones is 1. The summed E-state index contributed by atoms with van der Waals surface area (Å²) in [6.07, 6.45) is -0.0403. The Morgan fingerprint density at radius 1 is 1.07 bits per heavy atom. The highest BCUT2D eigenvalue weighted by Crippen LogP contribution is 2.16. The maximum absolute atomic E-state index is 13.2. The minimum atomic E-state index is -0.996. The van der Waals surface area contributed by atoms with Gasteiger partial charge in [0.25, 0.3) is 0 Å². The molecule has 0 spiro atoms. The molecule has 0 saturated heterocycles. The Morgan fingerprint density at radius 3 is 2.39 bits per heavy atom. The molecular weight excluding hydrogens is 365 g/mol. The van der Waals surface area contributed by atoms with Gasteiger partial charge < -0.3 is 14.8 Å². The molecular formula is C21H22FNO5. The highest BCUT2D eigenvalue weighted by atomic mass is 19.1. The Morgan fingerprint density at radius 2 is 1.79 bits per heavy atom. The number of ether oxygens (including phenoxy) is 2. The number of hydrogen-bond acceptors (Lipinski definition) is 5.